The van der Waals surface area contributed by atoms with Crippen molar-refractivity contribution in [3.05, 3.63) is 46.2 Å². The van der Waals surface area contributed by atoms with Crippen LogP contribution in [0.2, 0.25) is 0 Å². The third-order valence-electron chi connectivity index (χ3n) is 3.02. The highest BCUT2D eigenvalue weighted by Gasteiger charge is 2.29. The highest BCUT2D eigenvalue weighted by molar-refractivity contribution is 9.10. The molecule has 92 valence electrons. The van der Waals surface area contributed by atoms with Gasteiger partial charge in [0.15, 0.2) is 5.69 Å². The zero-order valence-electron chi connectivity index (χ0n) is 9.51. The van der Waals surface area contributed by atoms with Gasteiger partial charge in [-0.25, -0.2) is 9.48 Å². The zero-order valence-corrected chi connectivity index (χ0v) is 11.1. The minimum atomic E-state index is -0.954. The molecule has 1 aliphatic carbocycles. The smallest absolute Gasteiger partial charge is 0.354 e. The maximum atomic E-state index is 11.3. The van der Waals surface area contributed by atoms with Crippen molar-refractivity contribution in [2.45, 2.75) is 18.8 Å². The summed E-state index contributed by atoms with van der Waals surface area (Å²) < 4.78 is 2.33. The second kappa shape index (κ2) is 4.24. The molecule has 0 amide bonds. The zero-order chi connectivity index (χ0) is 12.7. The molecule has 1 saturated carbocycles. The molecular weight excluding hydrogens is 296 g/mol. The van der Waals surface area contributed by atoms with Gasteiger partial charge in [-0.3, -0.25) is 0 Å². The standard InChI is InChI=1S/C13H11BrN2O2/c14-9-3-1-2-4-11(9)16-12(13(17)18)7-10(15-16)8-5-6-8/h1-4,7-8H,5-6H2,(H,17,18). The van der Waals surface area contributed by atoms with Crippen LogP contribution in [0.25, 0.3) is 5.69 Å². The number of halogens is 1. The molecule has 0 radical (unpaired) electrons. The topological polar surface area (TPSA) is 55.1 Å². The van der Waals surface area contributed by atoms with Crippen LogP contribution in [0.15, 0.2) is 34.8 Å². The maximum Gasteiger partial charge on any atom is 0.354 e. The molecule has 1 heterocycles. The average Bonchev–Trinajstić information content (AvgIpc) is 3.09. The van der Waals surface area contributed by atoms with E-state index >= 15 is 0 Å². The molecule has 0 aliphatic heterocycles. The molecule has 1 fully saturated rings. The Hall–Kier alpha value is -1.62. The monoisotopic (exact) mass is 306 g/mol. The van der Waals surface area contributed by atoms with E-state index in [-0.39, 0.29) is 5.69 Å². The molecule has 4 nitrogen and oxygen atoms in total. The van der Waals surface area contributed by atoms with E-state index in [1.165, 1.54) is 4.68 Å². The predicted octanol–water partition coefficient (Wildman–Crippen LogP) is 3.21. The Balaban J connectivity index is 2.15. The molecule has 0 bridgehead atoms. The third kappa shape index (κ3) is 1.95. The van der Waals surface area contributed by atoms with E-state index in [9.17, 15) is 9.90 Å². The molecule has 0 spiro atoms. The lowest BCUT2D eigenvalue weighted by atomic mass is 10.2. The average molecular weight is 307 g/mol. The van der Waals surface area contributed by atoms with E-state index in [0.717, 1.165) is 28.7 Å². The quantitative estimate of drug-likeness (QED) is 0.947. The first kappa shape index (κ1) is 11.5. The van der Waals surface area contributed by atoms with Gasteiger partial charge in [0, 0.05) is 10.4 Å². The second-order valence-electron chi connectivity index (χ2n) is 4.40. The van der Waals surface area contributed by atoms with Crippen LogP contribution in [-0.2, 0) is 0 Å². The van der Waals surface area contributed by atoms with Crippen LogP contribution in [0.1, 0.15) is 34.9 Å². The number of hydrogen-bond acceptors (Lipinski definition) is 2. The lowest BCUT2D eigenvalue weighted by Crippen LogP contribution is -2.08. The van der Waals surface area contributed by atoms with Crippen LogP contribution >= 0.6 is 15.9 Å². The van der Waals surface area contributed by atoms with Gasteiger partial charge in [-0.2, -0.15) is 5.10 Å². The fraction of sp³-hybridized carbons (Fsp3) is 0.231. The first-order valence-corrected chi connectivity index (χ1v) is 6.54. The highest BCUT2D eigenvalue weighted by Crippen LogP contribution is 2.40. The number of carbonyl (C=O) groups is 1. The molecular formula is C13H11BrN2O2. The lowest BCUT2D eigenvalue weighted by Gasteiger charge is -2.06. The Morgan fingerprint density at radius 2 is 2.11 bits per heavy atom. The van der Waals surface area contributed by atoms with E-state index in [0.29, 0.717) is 5.92 Å². The van der Waals surface area contributed by atoms with Gasteiger partial charge in [0.2, 0.25) is 0 Å². The van der Waals surface area contributed by atoms with Crippen molar-refractivity contribution in [3.63, 3.8) is 0 Å². The molecule has 1 N–H and O–H groups in total. The number of hydrogen-bond donors (Lipinski definition) is 1. The summed E-state index contributed by atoms with van der Waals surface area (Å²) in [5.74, 6) is -0.517. The summed E-state index contributed by atoms with van der Waals surface area (Å²) >= 11 is 3.42. The van der Waals surface area contributed by atoms with E-state index in [4.69, 9.17) is 0 Å². The third-order valence-corrected chi connectivity index (χ3v) is 3.69. The number of carboxylic acid groups (broad SMARTS) is 1. The molecule has 0 saturated heterocycles. The fourth-order valence-electron chi connectivity index (χ4n) is 1.94. The predicted molar refractivity (Wildman–Crippen MR) is 70.2 cm³/mol. The van der Waals surface area contributed by atoms with E-state index in [1.807, 2.05) is 24.3 Å². The molecule has 2 aromatic rings. The summed E-state index contributed by atoms with van der Waals surface area (Å²) in [4.78, 5) is 11.3. The number of para-hydroxylation sites is 1. The van der Waals surface area contributed by atoms with Crippen molar-refractivity contribution in [1.82, 2.24) is 9.78 Å². The van der Waals surface area contributed by atoms with Gasteiger partial charge in [0.25, 0.3) is 0 Å². The minimum Gasteiger partial charge on any atom is -0.477 e. The van der Waals surface area contributed by atoms with E-state index in [2.05, 4.69) is 21.0 Å². The number of benzene rings is 1. The van der Waals surface area contributed by atoms with E-state index < -0.39 is 5.97 Å². The number of rotatable bonds is 3. The van der Waals surface area contributed by atoms with Gasteiger partial charge in [-0.15, -0.1) is 0 Å². The Morgan fingerprint density at radius 3 is 2.72 bits per heavy atom. The Kier molecular flexibility index (Phi) is 2.70. The summed E-state index contributed by atoms with van der Waals surface area (Å²) in [5.41, 5.74) is 1.84. The number of nitrogens with zero attached hydrogens (tertiary/aromatic N) is 2. The van der Waals surface area contributed by atoms with Crippen molar-refractivity contribution in [1.29, 1.82) is 0 Å². The summed E-state index contributed by atoms with van der Waals surface area (Å²) in [6.45, 7) is 0. The van der Waals surface area contributed by atoms with Gasteiger partial charge in [0.05, 0.1) is 11.4 Å². The van der Waals surface area contributed by atoms with Crippen LogP contribution in [0.5, 0.6) is 0 Å². The SMILES string of the molecule is O=C(O)c1cc(C2CC2)nn1-c1ccccc1Br. The minimum absolute atomic E-state index is 0.212. The van der Waals surface area contributed by atoms with Gasteiger partial charge in [0.1, 0.15) is 0 Å². The van der Waals surface area contributed by atoms with Crippen LogP contribution in [0.4, 0.5) is 0 Å². The normalized spacial score (nSPS) is 14.7. The van der Waals surface area contributed by atoms with Crippen molar-refractivity contribution in [3.8, 4) is 5.69 Å². The van der Waals surface area contributed by atoms with Crippen LogP contribution in [-0.4, -0.2) is 20.9 Å². The number of aromatic carboxylic acids is 1. The van der Waals surface area contributed by atoms with Crippen LogP contribution in [0.3, 0.4) is 0 Å². The molecule has 1 aliphatic rings. The van der Waals surface area contributed by atoms with Crippen molar-refractivity contribution in [2.75, 3.05) is 0 Å². The Bertz CT molecular complexity index is 617. The summed E-state index contributed by atoms with van der Waals surface area (Å²) in [7, 11) is 0. The first-order valence-electron chi connectivity index (χ1n) is 5.75. The molecule has 1 aromatic heterocycles. The van der Waals surface area contributed by atoms with Gasteiger partial charge >= 0.3 is 5.97 Å². The van der Waals surface area contributed by atoms with Gasteiger partial charge < -0.3 is 5.11 Å². The maximum absolute atomic E-state index is 11.3. The Labute approximate surface area is 112 Å². The fourth-order valence-corrected chi connectivity index (χ4v) is 2.39. The lowest BCUT2D eigenvalue weighted by molar-refractivity contribution is 0.0687. The molecule has 3 rings (SSSR count). The van der Waals surface area contributed by atoms with E-state index in [1.54, 1.807) is 6.07 Å². The van der Waals surface area contributed by atoms with Crippen molar-refractivity contribution >= 4 is 21.9 Å². The molecule has 18 heavy (non-hydrogen) atoms. The summed E-state index contributed by atoms with van der Waals surface area (Å²) in [6, 6.07) is 9.16. The second-order valence-corrected chi connectivity index (χ2v) is 5.25. The van der Waals surface area contributed by atoms with Gasteiger partial charge in [-0.1, -0.05) is 12.1 Å². The Morgan fingerprint density at radius 1 is 1.39 bits per heavy atom. The van der Waals surface area contributed by atoms with Crippen molar-refractivity contribution < 1.29 is 9.90 Å². The number of aromatic nitrogens is 2. The van der Waals surface area contributed by atoms with Crippen LogP contribution < -0.4 is 0 Å². The number of carboxylic acids is 1. The van der Waals surface area contributed by atoms with Gasteiger partial charge in [-0.05, 0) is 47.0 Å². The molecule has 5 heteroatoms. The first-order chi connectivity index (χ1) is 8.66. The summed E-state index contributed by atoms with van der Waals surface area (Å²) in [6.07, 6.45) is 2.21. The summed E-state index contributed by atoms with van der Waals surface area (Å²) in [5, 5.41) is 13.7. The molecule has 1 aromatic carbocycles. The molecule has 0 atom stereocenters. The highest BCUT2D eigenvalue weighted by atomic mass is 79.9. The van der Waals surface area contributed by atoms with Crippen LogP contribution in [0, 0.1) is 0 Å². The van der Waals surface area contributed by atoms with Crippen molar-refractivity contribution in [2.24, 2.45) is 0 Å². The molecule has 0 unspecified atom stereocenters. The largest absolute Gasteiger partial charge is 0.477 e.